The van der Waals surface area contributed by atoms with Crippen LogP contribution in [0, 0.1) is 5.92 Å². The predicted molar refractivity (Wildman–Crippen MR) is 109 cm³/mol. The maximum Gasteiger partial charge on any atom is 0.338 e. The molecule has 0 N–H and O–H groups in total. The summed E-state index contributed by atoms with van der Waals surface area (Å²) < 4.78 is 16.6. The molecule has 0 bridgehead atoms. The largest absolute Gasteiger partial charge is 0.497 e. The molecule has 3 atom stereocenters. The van der Waals surface area contributed by atoms with Gasteiger partial charge in [-0.2, -0.15) is 0 Å². The van der Waals surface area contributed by atoms with Crippen molar-refractivity contribution in [2.24, 2.45) is 5.92 Å². The van der Waals surface area contributed by atoms with Gasteiger partial charge in [-0.1, -0.05) is 29.8 Å². The normalized spacial score (nSPS) is 23.4. The Morgan fingerprint density at radius 2 is 1.86 bits per heavy atom. The zero-order valence-corrected chi connectivity index (χ0v) is 16.7. The number of esters is 1. The van der Waals surface area contributed by atoms with Gasteiger partial charge in [-0.3, -0.25) is 4.79 Å². The number of rotatable bonds is 4. The first kappa shape index (κ1) is 19.5. The van der Waals surface area contributed by atoms with Gasteiger partial charge in [-0.15, -0.1) is 0 Å². The zero-order chi connectivity index (χ0) is 20.4. The SMILES string of the molecule is COc1ccc(C(=O)OC2CCC3C(=O)C(c4ccccc4Cl)=COC3C2)cc1. The molecule has 0 saturated heterocycles. The molecule has 2 aromatic rings. The van der Waals surface area contributed by atoms with E-state index in [1.807, 2.05) is 18.2 Å². The van der Waals surface area contributed by atoms with E-state index in [-0.39, 0.29) is 29.9 Å². The predicted octanol–water partition coefficient (Wildman–Crippen LogP) is 4.68. The van der Waals surface area contributed by atoms with E-state index in [1.54, 1.807) is 37.4 Å². The summed E-state index contributed by atoms with van der Waals surface area (Å²) in [6.07, 6.45) is 2.63. The molecular formula is C23H21ClO5. The van der Waals surface area contributed by atoms with E-state index in [9.17, 15) is 9.59 Å². The van der Waals surface area contributed by atoms with Crippen LogP contribution in [0.15, 0.2) is 54.8 Å². The fourth-order valence-electron chi connectivity index (χ4n) is 3.89. The molecule has 29 heavy (non-hydrogen) atoms. The molecule has 4 rings (SSSR count). The van der Waals surface area contributed by atoms with Crippen molar-refractivity contribution in [3.63, 3.8) is 0 Å². The topological polar surface area (TPSA) is 61.8 Å². The molecule has 6 heteroatoms. The number of hydrogen-bond donors (Lipinski definition) is 0. The number of carbonyl (C=O) groups excluding carboxylic acids is 2. The van der Waals surface area contributed by atoms with E-state index < -0.39 is 0 Å². The Morgan fingerprint density at radius 1 is 1.10 bits per heavy atom. The number of fused-ring (bicyclic) bond motifs is 1. The van der Waals surface area contributed by atoms with E-state index in [1.165, 1.54) is 6.26 Å². The Kier molecular flexibility index (Phi) is 5.58. The lowest BCUT2D eigenvalue weighted by Gasteiger charge is -2.37. The smallest absolute Gasteiger partial charge is 0.338 e. The first-order chi connectivity index (χ1) is 14.1. The third-order valence-electron chi connectivity index (χ3n) is 5.47. The van der Waals surface area contributed by atoms with E-state index in [0.29, 0.717) is 46.7 Å². The number of allylic oxidation sites excluding steroid dienone is 1. The van der Waals surface area contributed by atoms with Crippen LogP contribution in [-0.4, -0.2) is 31.1 Å². The average Bonchev–Trinajstić information content (AvgIpc) is 2.75. The lowest BCUT2D eigenvalue weighted by molar-refractivity contribution is -0.126. The number of halogens is 1. The van der Waals surface area contributed by atoms with Crippen LogP contribution in [0.5, 0.6) is 5.75 Å². The maximum absolute atomic E-state index is 13.0. The molecule has 0 spiro atoms. The van der Waals surface area contributed by atoms with Crippen molar-refractivity contribution < 1.29 is 23.8 Å². The summed E-state index contributed by atoms with van der Waals surface area (Å²) in [6.45, 7) is 0. The molecule has 3 unspecified atom stereocenters. The van der Waals surface area contributed by atoms with Crippen molar-refractivity contribution >= 4 is 28.9 Å². The molecule has 1 heterocycles. The number of hydrogen-bond acceptors (Lipinski definition) is 5. The summed E-state index contributed by atoms with van der Waals surface area (Å²) >= 11 is 6.24. The van der Waals surface area contributed by atoms with Crippen LogP contribution in [0.25, 0.3) is 5.57 Å². The van der Waals surface area contributed by atoms with Crippen LogP contribution < -0.4 is 4.74 Å². The average molecular weight is 413 g/mol. The van der Waals surface area contributed by atoms with Crippen LogP contribution in [0.2, 0.25) is 5.02 Å². The van der Waals surface area contributed by atoms with Gasteiger partial charge in [0.2, 0.25) is 0 Å². The van der Waals surface area contributed by atoms with Crippen molar-refractivity contribution in [3.05, 3.63) is 70.9 Å². The number of benzene rings is 2. The second-order valence-electron chi connectivity index (χ2n) is 7.23. The van der Waals surface area contributed by atoms with Crippen molar-refractivity contribution in [1.29, 1.82) is 0 Å². The van der Waals surface area contributed by atoms with Crippen LogP contribution >= 0.6 is 11.6 Å². The second kappa shape index (κ2) is 8.29. The van der Waals surface area contributed by atoms with E-state index in [2.05, 4.69) is 0 Å². The van der Waals surface area contributed by atoms with E-state index in [0.717, 1.165) is 0 Å². The maximum atomic E-state index is 13.0. The highest BCUT2D eigenvalue weighted by molar-refractivity contribution is 6.35. The van der Waals surface area contributed by atoms with Gasteiger partial charge in [-0.25, -0.2) is 4.79 Å². The van der Waals surface area contributed by atoms with E-state index >= 15 is 0 Å². The Balaban J connectivity index is 1.42. The van der Waals surface area contributed by atoms with Crippen LogP contribution in [0.3, 0.4) is 0 Å². The Hall–Kier alpha value is -2.79. The molecule has 1 aliphatic heterocycles. The van der Waals surface area contributed by atoms with Crippen LogP contribution in [-0.2, 0) is 14.3 Å². The van der Waals surface area contributed by atoms with Crippen LogP contribution in [0.1, 0.15) is 35.2 Å². The minimum atomic E-state index is -0.384. The third kappa shape index (κ3) is 4.01. The van der Waals surface area contributed by atoms with Crippen molar-refractivity contribution in [2.45, 2.75) is 31.5 Å². The first-order valence-electron chi connectivity index (χ1n) is 9.56. The summed E-state index contributed by atoms with van der Waals surface area (Å²) in [6, 6.07) is 14.0. The molecular weight excluding hydrogens is 392 g/mol. The number of Topliss-reactive ketones (excluding diaryl/α,β-unsaturated/α-hetero) is 1. The Bertz CT molecular complexity index is 950. The lowest BCUT2D eigenvalue weighted by atomic mass is 9.78. The molecule has 2 aromatic carbocycles. The van der Waals surface area contributed by atoms with Gasteiger partial charge in [-0.05, 0) is 43.2 Å². The Morgan fingerprint density at radius 3 is 2.59 bits per heavy atom. The number of carbonyl (C=O) groups is 2. The molecule has 1 aliphatic carbocycles. The highest BCUT2D eigenvalue weighted by Gasteiger charge is 2.41. The molecule has 0 radical (unpaired) electrons. The second-order valence-corrected chi connectivity index (χ2v) is 7.63. The molecule has 0 aromatic heterocycles. The molecule has 2 aliphatic rings. The lowest BCUT2D eigenvalue weighted by Crippen LogP contribution is -2.42. The standard InChI is InChI=1S/C23H21ClO5/c1-27-15-8-6-14(7-9-15)23(26)29-16-10-11-18-21(12-16)28-13-19(22(18)25)17-4-2-3-5-20(17)24/h2-9,13,16,18,21H,10-12H2,1H3. The minimum Gasteiger partial charge on any atom is -0.497 e. The van der Waals surface area contributed by atoms with E-state index in [4.69, 9.17) is 25.8 Å². The van der Waals surface area contributed by atoms with Gasteiger partial charge in [0.05, 0.1) is 30.4 Å². The Labute approximate surface area is 174 Å². The summed E-state index contributed by atoms with van der Waals surface area (Å²) in [5, 5.41) is 0.524. The molecule has 1 saturated carbocycles. The highest BCUT2D eigenvalue weighted by Crippen LogP contribution is 2.38. The first-order valence-corrected chi connectivity index (χ1v) is 9.94. The molecule has 150 valence electrons. The van der Waals surface area contributed by atoms with Gasteiger partial charge < -0.3 is 14.2 Å². The van der Waals surface area contributed by atoms with Crippen molar-refractivity contribution in [3.8, 4) is 5.75 Å². The van der Waals surface area contributed by atoms with Gasteiger partial charge in [0.25, 0.3) is 0 Å². The van der Waals surface area contributed by atoms with Crippen molar-refractivity contribution in [1.82, 2.24) is 0 Å². The third-order valence-corrected chi connectivity index (χ3v) is 5.80. The van der Waals surface area contributed by atoms with Gasteiger partial charge in [0, 0.05) is 17.0 Å². The van der Waals surface area contributed by atoms with Gasteiger partial charge >= 0.3 is 5.97 Å². The zero-order valence-electron chi connectivity index (χ0n) is 16.0. The highest BCUT2D eigenvalue weighted by atomic mass is 35.5. The van der Waals surface area contributed by atoms with Crippen molar-refractivity contribution in [2.75, 3.05) is 7.11 Å². The monoisotopic (exact) mass is 412 g/mol. The molecule has 1 fully saturated rings. The van der Waals surface area contributed by atoms with Gasteiger partial charge in [0.1, 0.15) is 18.0 Å². The summed E-state index contributed by atoms with van der Waals surface area (Å²) in [4.78, 5) is 25.4. The number of ketones is 1. The van der Waals surface area contributed by atoms with Crippen LogP contribution in [0.4, 0.5) is 0 Å². The summed E-state index contributed by atoms with van der Waals surface area (Å²) in [5.41, 5.74) is 1.66. The molecule has 0 amide bonds. The fraction of sp³-hybridized carbons (Fsp3) is 0.304. The molecule has 5 nitrogen and oxygen atoms in total. The quantitative estimate of drug-likeness (QED) is 0.682. The summed E-state index contributed by atoms with van der Waals surface area (Å²) in [5.74, 6) is 0.0827. The number of methoxy groups -OCH3 is 1. The summed E-state index contributed by atoms with van der Waals surface area (Å²) in [7, 11) is 1.57. The fourth-order valence-corrected chi connectivity index (χ4v) is 4.12. The van der Waals surface area contributed by atoms with Gasteiger partial charge in [0.15, 0.2) is 5.78 Å². The minimum absolute atomic E-state index is 0.0364. The number of ether oxygens (including phenoxy) is 3.